The summed E-state index contributed by atoms with van der Waals surface area (Å²) in [5.41, 5.74) is 6.85. The van der Waals surface area contributed by atoms with Crippen LogP contribution in [0.25, 0.3) is 0 Å². The Morgan fingerprint density at radius 3 is 2.33 bits per heavy atom. The first kappa shape index (κ1) is 11.4. The fourth-order valence-electron chi connectivity index (χ4n) is 2.53. The predicted octanol–water partition coefficient (Wildman–Crippen LogP) is 1.27. The molecule has 0 bridgehead atoms. The number of rotatable bonds is 4. The maximum atomic E-state index is 6.31. The average molecular weight is 212 g/mol. The second-order valence-corrected chi connectivity index (χ2v) is 5.74. The molecule has 0 radical (unpaired) electrons. The normalized spacial score (nSPS) is 28.4. The Kier molecular flexibility index (Phi) is 3.33. The Morgan fingerprint density at radius 1 is 1.13 bits per heavy atom. The summed E-state index contributed by atoms with van der Waals surface area (Å²) >= 11 is 0. The van der Waals surface area contributed by atoms with Gasteiger partial charge in [-0.1, -0.05) is 13.3 Å². The fraction of sp³-hybridized carbons (Fsp3) is 1.00. The van der Waals surface area contributed by atoms with Gasteiger partial charge < -0.3 is 15.8 Å². The molecule has 0 aromatic heterocycles. The van der Waals surface area contributed by atoms with Gasteiger partial charge in [0, 0.05) is 31.8 Å². The summed E-state index contributed by atoms with van der Waals surface area (Å²) in [5.74, 6) is 0. The van der Waals surface area contributed by atoms with E-state index in [1.165, 1.54) is 19.3 Å². The smallest absolute Gasteiger partial charge is 0.0484 e. The molecule has 1 aliphatic carbocycles. The lowest BCUT2D eigenvalue weighted by molar-refractivity contribution is 0.0506. The molecular formula is C12H24N2O. The molecule has 0 aromatic rings. The van der Waals surface area contributed by atoms with E-state index in [-0.39, 0.29) is 5.54 Å². The quantitative estimate of drug-likeness (QED) is 0.738. The Morgan fingerprint density at radius 2 is 1.80 bits per heavy atom. The molecule has 1 heterocycles. The van der Waals surface area contributed by atoms with Gasteiger partial charge in [-0.05, 0) is 31.1 Å². The lowest BCUT2D eigenvalue weighted by atomic mass is 9.70. The summed E-state index contributed by atoms with van der Waals surface area (Å²) in [6.45, 7) is 6.11. The average Bonchev–Trinajstić information content (AvgIpc) is 2.16. The van der Waals surface area contributed by atoms with Crippen LogP contribution in [0.4, 0.5) is 0 Å². The van der Waals surface area contributed by atoms with E-state index < -0.39 is 0 Å². The maximum absolute atomic E-state index is 6.31. The maximum Gasteiger partial charge on any atom is 0.0484 e. The Labute approximate surface area is 92.7 Å². The molecule has 2 aliphatic rings. The SMILES string of the molecule is CC1(CNCC2(N)CCOCC2)CCC1. The van der Waals surface area contributed by atoms with E-state index in [0.29, 0.717) is 5.41 Å². The van der Waals surface area contributed by atoms with Crippen LogP contribution in [0, 0.1) is 5.41 Å². The van der Waals surface area contributed by atoms with Crippen molar-refractivity contribution in [2.45, 2.75) is 44.6 Å². The highest BCUT2D eigenvalue weighted by atomic mass is 16.5. The highest BCUT2D eigenvalue weighted by Gasteiger charge is 2.33. The summed E-state index contributed by atoms with van der Waals surface area (Å²) in [6.07, 6.45) is 6.15. The summed E-state index contributed by atoms with van der Waals surface area (Å²) in [5, 5.41) is 3.56. The van der Waals surface area contributed by atoms with Crippen LogP contribution in [0.5, 0.6) is 0 Å². The van der Waals surface area contributed by atoms with Crippen molar-refractivity contribution in [3.05, 3.63) is 0 Å². The molecule has 0 atom stereocenters. The standard InChI is InChI=1S/C12H24N2O/c1-11(3-2-4-11)9-14-10-12(13)5-7-15-8-6-12/h14H,2-10,13H2,1H3. The van der Waals surface area contributed by atoms with Crippen LogP contribution in [0.3, 0.4) is 0 Å². The first-order chi connectivity index (χ1) is 7.12. The van der Waals surface area contributed by atoms with E-state index in [1.54, 1.807) is 0 Å². The van der Waals surface area contributed by atoms with Gasteiger partial charge in [0.2, 0.25) is 0 Å². The summed E-state index contributed by atoms with van der Waals surface area (Å²) in [6, 6.07) is 0. The molecule has 3 heteroatoms. The van der Waals surface area contributed by atoms with Crippen LogP contribution in [0.2, 0.25) is 0 Å². The van der Waals surface area contributed by atoms with Crippen LogP contribution in [-0.2, 0) is 4.74 Å². The number of ether oxygens (including phenoxy) is 1. The molecule has 3 nitrogen and oxygen atoms in total. The number of nitrogens with two attached hydrogens (primary N) is 1. The molecule has 1 saturated carbocycles. The van der Waals surface area contributed by atoms with Crippen molar-refractivity contribution in [2.24, 2.45) is 11.1 Å². The summed E-state index contributed by atoms with van der Waals surface area (Å²) < 4.78 is 5.34. The molecule has 2 fully saturated rings. The minimum absolute atomic E-state index is 0.0155. The molecule has 0 spiro atoms. The number of nitrogens with one attached hydrogen (secondary N) is 1. The van der Waals surface area contributed by atoms with E-state index in [9.17, 15) is 0 Å². The zero-order valence-electron chi connectivity index (χ0n) is 9.85. The molecule has 0 unspecified atom stereocenters. The van der Waals surface area contributed by atoms with Gasteiger partial charge in [-0.15, -0.1) is 0 Å². The van der Waals surface area contributed by atoms with E-state index >= 15 is 0 Å². The van der Waals surface area contributed by atoms with Gasteiger partial charge in [-0.25, -0.2) is 0 Å². The molecular weight excluding hydrogens is 188 g/mol. The Bertz CT molecular complexity index is 208. The highest BCUT2D eigenvalue weighted by molar-refractivity contribution is 4.91. The van der Waals surface area contributed by atoms with Gasteiger partial charge in [0.25, 0.3) is 0 Å². The Hall–Kier alpha value is -0.120. The summed E-state index contributed by atoms with van der Waals surface area (Å²) in [7, 11) is 0. The molecule has 1 aliphatic heterocycles. The first-order valence-corrected chi connectivity index (χ1v) is 6.19. The van der Waals surface area contributed by atoms with E-state index in [1.807, 2.05) is 0 Å². The van der Waals surface area contributed by atoms with Crippen molar-refractivity contribution in [1.82, 2.24) is 5.32 Å². The molecule has 0 aromatic carbocycles. The number of hydrogen-bond acceptors (Lipinski definition) is 3. The fourth-order valence-corrected chi connectivity index (χ4v) is 2.53. The lowest BCUT2D eigenvalue weighted by Gasteiger charge is -2.40. The van der Waals surface area contributed by atoms with Gasteiger partial charge in [0.15, 0.2) is 0 Å². The molecule has 3 N–H and O–H groups in total. The molecule has 0 amide bonds. The summed E-state index contributed by atoms with van der Waals surface area (Å²) in [4.78, 5) is 0. The van der Waals surface area contributed by atoms with Crippen LogP contribution in [0.1, 0.15) is 39.0 Å². The van der Waals surface area contributed by atoms with Crippen LogP contribution in [-0.4, -0.2) is 31.8 Å². The Balaban J connectivity index is 1.67. The lowest BCUT2D eigenvalue weighted by Crippen LogP contribution is -2.54. The van der Waals surface area contributed by atoms with Crippen LogP contribution < -0.4 is 11.1 Å². The van der Waals surface area contributed by atoms with E-state index in [2.05, 4.69) is 12.2 Å². The zero-order valence-corrected chi connectivity index (χ0v) is 9.85. The van der Waals surface area contributed by atoms with Gasteiger partial charge in [0.05, 0.1) is 0 Å². The van der Waals surface area contributed by atoms with Crippen molar-refractivity contribution < 1.29 is 4.74 Å². The van der Waals surface area contributed by atoms with Crippen molar-refractivity contribution in [1.29, 1.82) is 0 Å². The zero-order chi connectivity index (χ0) is 10.8. The highest BCUT2D eigenvalue weighted by Crippen LogP contribution is 2.39. The third-order valence-corrected chi connectivity index (χ3v) is 4.08. The van der Waals surface area contributed by atoms with Crippen LogP contribution >= 0.6 is 0 Å². The number of hydrogen-bond donors (Lipinski definition) is 2. The third-order valence-electron chi connectivity index (χ3n) is 4.08. The van der Waals surface area contributed by atoms with Crippen molar-refractivity contribution in [2.75, 3.05) is 26.3 Å². The van der Waals surface area contributed by atoms with Gasteiger partial charge >= 0.3 is 0 Å². The largest absolute Gasteiger partial charge is 0.381 e. The van der Waals surface area contributed by atoms with E-state index in [4.69, 9.17) is 10.5 Å². The van der Waals surface area contributed by atoms with Gasteiger partial charge in [0.1, 0.15) is 0 Å². The van der Waals surface area contributed by atoms with Crippen molar-refractivity contribution >= 4 is 0 Å². The topological polar surface area (TPSA) is 47.3 Å². The minimum atomic E-state index is -0.0155. The van der Waals surface area contributed by atoms with Gasteiger partial charge in [-0.3, -0.25) is 0 Å². The third kappa shape index (κ3) is 2.92. The minimum Gasteiger partial charge on any atom is -0.381 e. The molecule has 15 heavy (non-hydrogen) atoms. The monoisotopic (exact) mass is 212 g/mol. The first-order valence-electron chi connectivity index (χ1n) is 6.19. The van der Waals surface area contributed by atoms with Crippen molar-refractivity contribution in [3.8, 4) is 0 Å². The molecule has 88 valence electrons. The molecule has 2 rings (SSSR count). The van der Waals surface area contributed by atoms with Gasteiger partial charge in [-0.2, -0.15) is 0 Å². The van der Waals surface area contributed by atoms with Crippen molar-refractivity contribution in [3.63, 3.8) is 0 Å². The van der Waals surface area contributed by atoms with E-state index in [0.717, 1.165) is 39.1 Å². The van der Waals surface area contributed by atoms with Crippen LogP contribution in [0.15, 0.2) is 0 Å². The molecule has 1 saturated heterocycles. The predicted molar refractivity (Wildman–Crippen MR) is 61.8 cm³/mol. The second kappa shape index (κ2) is 4.40. The second-order valence-electron chi connectivity index (χ2n) is 5.74.